The van der Waals surface area contributed by atoms with Crippen molar-refractivity contribution in [3.63, 3.8) is 0 Å². The average Bonchev–Trinajstić information content (AvgIpc) is 2.17. The van der Waals surface area contributed by atoms with Gasteiger partial charge < -0.3 is 9.90 Å². The first kappa shape index (κ1) is 8.94. The number of hydrogen-bond donors (Lipinski definition) is 1. The van der Waals surface area contributed by atoms with Crippen molar-refractivity contribution in [3.8, 4) is 0 Å². The van der Waals surface area contributed by atoms with Crippen LogP contribution in [-0.2, 0) is 4.79 Å². The van der Waals surface area contributed by atoms with Crippen molar-refractivity contribution < 1.29 is 9.90 Å². The van der Waals surface area contributed by atoms with Crippen LogP contribution in [0.4, 0.5) is 0 Å². The summed E-state index contributed by atoms with van der Waals surface area (Å²) in [6, 6.07) is 0. The Morgan fingerprint density at radius 1 is 1.50 bits per heavy atom. The minimum atomic E-state index is -0.924. The van der Waals surface area contributed by atoms with Crippen LogP contribution in [-0.4, -0.2) is 17.5 Å². The summed E-state index contributed by atoms with van der Waals surface area (Å²) in [5.41, 5.74) is 1.94. The second-order valence-corrected chi connectivity index (χ2v) is 2.77. The molecule has 0 bridgehead atoms. The Balaban J connectivity index is 2.71. The summed E-state index contributed by atoms with van der Waals surface area (Å²) in [6.45, 7) is 3.64. The molecule has 0 aromatic carbocycles. The van der Waals surface area contributed by atoms with Gasteiger partial charge in [0.1, 0.15) is 6.10 Å². The molecule has 0 saturated carbocycles. The van der Waals surface area contributed by atoms with Gasteiger partial charge in [0.15, 0.2) is 6.29 Å². The third kappa shape index (κ3) is 1.92. The van der Waals surface area contributed by atoms with Crippen molar-refractivity contribution in [1.82, 2.24) is 0 Å². The molecular weight excluding hydrogens is 152 g/mol. The van der Waals surface area contributed by atoms with Gasteiger partial charge in [-0.2, -0.15) is 0 Å². The Bertz CT molecular complexity index is 249. The van der Waals surface area contributed by atoms with Gasteiger partial charge in [0.25, 0.3) is 0 Å². The topological polar surface area (TPSA) is 37.3 Å². The Labute approximate surface area is 71.9 Å². The zero-order chi connectivity index (χ0) is 8.97. The third-order valence-corrected chi connectivity index (χ3v) is 1.98. The molecule has 0 spiro atoms. The minimum absolute atomic E-state index is 0.554. The third-order valence-electron chi connectivity index (χ3n) is 1.98. The van der Waals surface area contributed by atoms with E-state index in [2.05, 4.69) is 6.58 Å². The van der Waals surface area contributed by atoms with Crippen LogP contribution in [0.15, 0.2) is 36.0 Å². The van der Waals surface area contributed by atoms with Crippen LogP contribution in [0.2, 0.25) is 0 Å². The fraction of sp³-hybridized carbons (Fsp3) is 0.300. The van der Waals surface area contributed by atoms with Crippen molar-refractivity contribution in [2.75, 3.05) is 0 Å². The lowest BCUT2D eigenvalue weighted by Crippen LogP contribution is -2.13. The van der Waals surface area contributed by atoms with Crippen molar-refractivity contribution >= 4 is 6.29 Å². The molecule has 0 amide bonds. The average molecular weight is 164 g/mol. The fourth-order valence-corrected chi connectivity index (χ4v) is 1.17. The number of allylic oxidation sites excluding steroid dienone is 4. The molecule has 12 heavy (non-hydrogen) atoms. The van der Waals surface area contributed by atoms with E-state index in [1.807, 2.05) is 6.08 Å². The van der Waals surface area contributed by atoms with E-state index in [1.54, 1.807) is 12.2 Å². The first-order chi connectivity index (χ1) is 5.77. The van der Waals surface area contributed by atoms with Gasteiger partial charge in [0.05, 0.1) is 0 Å². The molecule has 0 aliphatic heterocycles. The maximum absolute atomic E-state index is 10.2. The van der Waals surface area contributed by atoms with Crippen molar-refractivity contribution in [2.24, 2.45) is 0 Å². The van der Waals surface area contributed by atoms with Gasteiger partial charge in [0, 0.05) is 0 Å². The summed E-state index contributed by atoms with van der Waals surface area (Å²) in [4.78, 5) is 10.2. The predicted octanol–water partition coefficient (Wildman–Crippen LogP) is 1.38. The molecule has 64 valence electrons. The molecule has 1 rings (SSSR count). The highest BCUT2D eigenvalue weighted by Crippen LogP contribution is 2.20. The monoisotopic (exact) mass is 164 g/mol. The molecule has 1 atom stereocenters. The van der Waals surface area contributed by atoms with Crippen molar-refractivity contribution in [1.29, 1.82) is 0 Å². The first-order valence-electron chi connectivity index (χ1n) is 3.93. The molecule has 2 heteroatoms. The normalized spacial score (nSPS) is 19.1. The van der Waals surface area contributed by atoms with Gasteiger partial charge in [-0.05, 0) is 24.0 Å². The smallest absolute Gasteiger partial charge is 0.152 e. The first-order valence-corrected chi connectivity index (χ1v) is 3.93. The summed E-state index contributed by atoms with van der Waals surface area (Å²) >= 11 is 0. The summed E-state index contributed by atoms with van der Waals surface area (Å²) in [6.07, 6.45) is 6.71. The predicted molar refractivity (Wildman–Crippen MR) is 47.7 cm³/mol. The van der Waals surface area contributed by atoms with Gasteiger partial charge in [-0.25, -0.2) is 0 Å². The van der Waals surface area contributed by atoms with Crippen LogP contribution in [0.25, 0.3) is 0 Å². The molecule has 0 saturated heterocycles. The fourth-order valence-electron chi connectivity index (χ4n) is 1.17. The summed E-state index contributed by atoms with van der Waals surface area (Å²) < 4.78 is 0. The van der Waals surface area contributed by atoms with Gasteiger partial charge in [-0.3, -0.25) is 0 Å². The molecule has 1 unspecified atom stereocenters. The summed E-state index contributed by atoms with van der Waals surface area (Å²) in [5, 5.41) is 9.15. The number of hydrogen-bond acceptors (Lipinski definition) is 2. The summed E-state index contributed by atoms with van der Waals surface area (Å²) in [7, 11) is 0. The van der Waals surface area contributed by atoms with Crippen molar-refractivity contribution in [3.05, 3.63) is 36.0 Å². The number of aldehydes is 1. The largest absolute Gasteiger partial charge is 0.381 e. The SMILES string of the molecule is C=CC1=CC=C(C(O)C=O)CC1. The minimum Gasteiger partial charge on any atom is -0.381 e. The van der Waals surface area contributed by atoms with E-state index in [0.717, 1.165) is 24.0 Å². The van der Waals surface area contributed by atoms with E-state index in [1.165, 1.54) is 0 Å². The lowest BCUT2D eigenvalue weighted by atomic mass is 9.95. The van der Waals surface area contributed by atoms with Crippen molar-refractivity contribution in [2.45, 2.75) is 18.9 Å². The molecule has 0 heterocycles. The van der Waals surface area contributed by atoms with E-state index in [0.29, 0.717) is 6.29 Å². The Morgan fingerprint density at radius 2 is 2.25 bits per heavy atom. The standard InChI is InChI=1S/C10H12O2/c1-2-8-3-5-9(6-4-8)10(12)7-11/h2-3,5,7,10,12H,1,4,6H2. The zero-order valence-electron chi connectivity index (χ0n) is 6.86. The van der Waals surface area contributed by atoms with E-state index in [4.69, 9.17) is 5.11 Å². The molecular formula is C10H12O2. The Hall–Kier alpha value is -1.15. The number of carbonyl (C=O) groups is 1. The molecule has 1 aliphatic rings. The number of carbonyl (C=O) groups excluding carboxylic acids is 1. The highest BCUT2D eigenvalue weighted by molar-refractivity contribution is 5.62. The van der Waals surface area contributed by atoms with E-state index >= 15 is 0 Å². The summed E-state index contributed by atoms with van der Waals surface area (Å²) in [5.74, 6) is 0. The number of aliphatic hydroxyl groups is 1. The lowest BCUT2D eigenvalue weighted by Gasteiger charge is -2.13. The highest BCUT2D eigenvalue weighted by Gasteiger charge is 2.11. The molecule has 0 aromatic rings. The molecule has 1 N–H and O–H groups in total. The quantitative estimate of drug-likeness (QED) is 0.640. The maximum Gasteiger partial charge on any atom is 0.152 e. The van der Waals surface area contributed by atoms with E-state index in [-0.39, 0.29) is 0 Å². The van der Waals surface area contributed by atoms with Crippen LogP contribution in [0, 0.1) is 0 Å². The number of rotatable bonds is 3. The van der Waals surface area contributed by atoms with Crippen LogP contribution >= 0.6 is 0 Å². The van der Waals surface area contributed by atoms with Gasteiger partial charge in [-0.15, -0.1) is 0 Å². The van der Waals surface area contributed by atoms with Crippen LogP contribution < -0.4 is 0 Å². The molecule has 0 fully saturated rings. The Kier molecular flexibility index (Phi) is 3.00. The second kappa shape index (κ2) is 4.02. The molecule has 1 aliphatic carbocycles. The van der Waals surface area contributed by atoms with Gasteiger partial charge in [0.2, 0.25) is 0 Å². The van der Waals surface area contributed by atoms with Gasteiger partial charge >= 0.3 is 0 Å². The van der Waals surface area contributed by atoms with Gasteiger partial charge in [-0.1, -0.05) is 24.8 Å². The number of aliphatic hydroxyl groups excluding tert-OH is 1. The molecule has 0 radical (unpaired) electrons. The van der Waals surface area contributed by atoms with Crippen LogP contribution in [0.3, 0.4) is 0 Å². The van der Waals surface area contributed by atoms with E-state index in [9.17, 15) is 4.79 Å². The van der Waals surface area contributed by atoms with Crippen LogP contribution in [0.5, 0.6) is 0 Å². The Morgan fingerprint density at radius 3 is 2.67 bits per heavy atom. The molecule has 0 aromatic heterocycles. The zero-order valence-corrected chi connectivity index (χ0v) is 6.86. The maximum atomic E-state index is 10.2. The second-order valence-electron chi connectivity index (χ2n) is 2.77. The van der Waals surface area contributed by atoms with Crippen LogP contribution in [0.1, 0.15) is 12.8 Å². The van der Waals surface area contributed by atoms with E-state index < -0.39 is 6.10 Å². The molecule has 2 nitrogen and oxygen atoms in total. The lowest BCUT2D eigenvalue weighted by molar-refractivity contribution is -0.113. The highest BCUT2D eigenvalue weighted by atomic mass is 16.3.